The lowest BCUT2D eigenvalue weighted by Gasteiger charge is -2.33. The number of nitrogens with zero attached hydrogens (tertiary/aromatic N) is 2. The number of rotatable bonds is 2. The van der Waals surface area contributed by atoms with E-state index in [0.29, 0.717) is 24.2 Å². The average molecular weight is 285 g/mol. The van der Waals surface area contributed by atoms with Crippen LogP contribution >= 0.6 is 0 Å². The highest BCUT2D eigenvalue weighted by molar-refractivity contribution is 5.96. The molecule has 1 aromatic heterocycles. The molecule has 1 aromatic carbocycles. The van der Waals surface area contributed by atoms with Crippen molar-refractivity contribution in [1.29, 1.82) is 0 Å². The van der Waals surface area contributed by atoms with Gasteiger partial charge in [0.2, 0.25) is 0 Å². The minimum Gasteiger partial charge on any atom is -0.335 e. The molecule has 5 nitrogen and oxygen atoms in total. The van der Waals surface area contributed by atoms with Crippen molar-refractivity contribution in [2.24, 2.45) is 0 Å². The van der Waals surface area contributed by atoms with Gasteiger partial charge in [0, 0.05) is 31.6 Å². The summed E-state index contributed by atoms with van der Waals surface area (Å²) in [6.45, 7) is 6.33. The zero-order chi connectivity index (χ0) is 14.8. The smallest absolute Gasteiger partial charge is 0.270 e. The summed E-state index contributed by atoms with van der Waals surface area (Å²) >= 11 is 0. The molecule has 1 aliphatic rings. The van der Waals surface area contributed by atoms with Crippen LogP contribution in [0.5, 0.6) is 0 Å². The number of fused-ring (bicyclic) bond motifs is 1. The molecule has 0 radical (unpaired) electrons. The normalized spacial score (nSPS) is 16.3. The van der Waals surface area contributed by atoms with E-state index in [-0.39, 0.29) is 11.5 Å². The maximum Gasteiger partial charge on any atom is 0.270 e. The van der Waals surface area contributed by atoms with Gasteiger partial charge in [0.15, 0.2) is 0 Å². The standard InChI is InChI=1S/C16H19N3O2/c1-2-18-7-9-19(10-8-18)16(21)14-11-12-5-3-4-6-13(12)15(20)17-14/h3-6,11H,2,7-10H2,1H3,(H,17,20). The van der Waals surface area contributed by atoms with Crippen LogP contribution in [-0.2, 0) is 0 Å². The Morgan fingerprint density at radius 3 is 2.62 bits per heavy atom. The fourth-order valence-corrected chi connectivity index (χ4v) is 2.76. The summed E-state index contributed by atoms with van der Waals surface area (Å²) in [5, 5.41) is 1.42. The first kappa shape index (κ1) is 13.8. The van der Waals surface area contributed by atoms with E-state index in [0.717, 1.165) is 25.0 Å². The topological polar surface area (TPSA) is 56.4 Å². The zero-order valence-corrected chi connectivity index (χ0v) is 12.1. The van der Waals surface area contributed by atoms with Crippen LogP contribution in [0.4, 0.5) is 0 Å². The Kier molecular flexibility index (Phi) is 3.75. The maximum absolute atomic E-state index is 12.5. The molecule has 2 heterocycles. The molecule has 110 valence electrons. The second kappa shape index (κ2) is 5.69. The molecule has 1 fully saturated rings. The molecule has 5 heteroatoms. The van der Waals surface area contributed by atoms with Crippen LogP contribution in [0.25, 0.3) is 10.8 Å². The van der Waals surface area contributed by atoms with Crippen molar-refractivity contribution in [2.75, 3.05) is 32.7 Å². The van der Waals surface area contributed by atoms with Gasteiger partial charge in [-0.05, 0) is 24.1 Å². The van der Waals surface area contributed by atoms with Crippen LogP contribution in [0.3, 0.4) is 0 Å². The number of pyridine rings is 1. The Bertz CT molecular complexity index is 715. The fourth-order valence-electron chi connectivity index (χ4n) is 2.76. The molecule has 0 unspecified atom stereocenters. The molecule has 21 heavy (non-hydrogen) atoms. The molecule has 0 aliphatic carbocycles. The van der Waals surface area contributed by atoms with Gasteiger partial charge in [0.25, 0.3) is 11.5 Å². The first-order chi connectivity index (χ1) is 10.2. The van der Waals surface area contributed by atoms with Crippen molar-refractivity contribution in [2.45, 2.75) is 6.92 Å². The molecule has 0 bridgehead atoms. The lowest BCUT2D eigenvalue weighted by Crippen LogP contribution is -2.48. The summed E-state index contributed by atoms with van der Waals surface area (Å²) < 4.78 is 0. The van der Waals surface area contributed by atoms with Gasteiger partial charge in [0.05, 0.1) is 0 Å². The fraction of sp³-hybridized carbons (Fsp3) is 0.375. The molecule has 0 atom stereocenters. The van der Waals surface area contributed by atoms with Gasteiger partial charge < -0.3 is 14.8 Å². The highest BCUT2D eigenvalue weighted by Crippen LogP contribution is 2.12. The SMILES string of the molecule is CCN1CCN(C(=O)c2cc3ccccc3c(=O)[nH]2)CC1. The van der Waals surface area contributed by atoms with E-state index < -0.39 is 0 Å². The largest absolute Gasteiger partial charge is 0.335 e. The first-order valence-corrected chi connectivity index (χ1v) is 7.32. The molecule has 1 saturated heterocycles. The number of carbonyl (C=O) groups is 1. The predicted octanol–water partition coefficient (Wildman–Crippen LogP) is 1.31. The van der Waals surface area contributed by atoms with Gasteiger partial charge in [-0.2, -0.15) is 0 Å². The number of H-pyrrole nitrogens is 1. The van der Waals surface area contributed by atoms with Crippen molar-refractivity contribution in [3.63, 3.8) is 0 Å². The monoisotopic (exact) mass is 285 g/mol. The van der Waals surface area contributed by atoms with Gasteiger partial charge in [-0.25, -0.2) is 0 Å². The summed E-state index contributed by atoms with van der Waals surface area (Å²) in [7, 11) is 0. The second-order valence-corrected chi connectivity index (χ2v) is 5.33. The molecular formula is C16H19N3O2. The number of hydrogen-bond donors (Lipinski definition) is 1. The van der Waals surface area contributed by atoms with Gasteiger partial charge in [0.1, 0.15) is 5.69 Å². The third-order valence-electron chi connectivity index (χ3n) is 4.09. The molecule has 2 aromatic rings. The van der Waals surface area contributed by atoms with E-state index in [4.69, 9.17) is 0 Å². The first-order valence-electron chi connectivity index (χ1n) is 7.32. The van der Waals surface area contributed by atoms with E-state index in [9.17, 15) is 9.59 Å². The van der Waals surface area contributed by atoms with E-state index in [1.165, 1.54) is 0 Å². The van der Waals surface area contributed by atoms with Crippen molar-refractivity contribution in [3.05, 3.63) is 46.4 Å². The minimum atomic E-state index is -0.205. The molecule has 1 amide bonds. The number of aromatic amines is 1. The highest BCUT2D eigenvalue weighted by atomic mass is 16.2. The quantitative estimate of drug-likeness (QED) is 0.905. The van der Waals surface area contributed by atoms with Crippen molar-refractivity contribution in [3.8, 4) is 0 Å². The van der Waals surface area contributed by atoms with E-state index in [1.54, 1.807) is 12.1 Å². The molecule has 3 rings (SSSR count). The van der Waals surface area contributed by atoms with Gasteiger partial charge in [-0.15, -0.1) is 0 Å². The average Bonchev–Trinajstić information content (AvgIpc) is 2.54. The Hall–Kier alpha value is -2.14. The highest BCUT2D eigenvalue weighted by Gasteiger charge is 2.22. The van der Waals surface area contributed by atoms with Crippen molar-refractivity contribution >= 4 is 16.7 Å². The van der Waals surface area contributed by atoms with E-state index in [2.05, 4.69) is 16.8 Å². The molecular weight excluding hydrogens is 266 g/mol. The number of piperazine rings is 1. The number of hydrogen-bond acceptors (Lipinski definition) is 3. The number of amides is 1. The Balaban J connectivity index is 1.87. The molecule has 0 saturated carbocycles. The summed E-state index contributed by atoms with van der Waals surface area (Å²) in [4.78, 5) is 31.4. The summed E-state index contributed by atoms with van der Waals surface area (Å²) in [5.41, 5.74) is 0.173. The summed E-state index contributed by atoms with van der Waals surface area (Å²) in [5.74, 6) is -0.0893. The second-order valence-electron chi connectivity index (χ2n) is 5.33. The van der Waals surface area contributed by atoms with Gasteiger partial charge >= 0.3 is 0 Å². The number of benzene rings is 1. The lowest BCUT2D eigenvalue weighted by molar-refractivity contribution is 0.0637. The van der Waals surface area contributed by atoms with Crippen LogP contribution < -0.4 is 5.56 Å². The molecule has 1 N–H and O–H groups in total. The summed E-state index contributed by atoms with van der Waals surface area (Å²) in [6.07, 6.45) is 0. The van der Waals surface area contributed by atoms with Crippen LogP contribution in [0.15, 0.2) is 35.1 Å². The maximum atomic E-state index is 12.5. The van der Waals surface area contributed by atoms with Crippen molar-refractivity contribution in [1.82, 2.24) is 14.8 Å². The van der Waals surface area contributed by atoms with Gasteiger partial charge in [-0.1, -0.05) is 25.1 Å². The number of aromatic nitrogens is 1. The zero-order valence-electron chi connectivity index (χ0n) is 12.1. The van der Waals surface area contributed by atoms with Gasteiger partial charge in [-0.3, -0.25) is 9.59 Å². The van der Waals surface area contributed by atoms with Crippen LogP contribution in [0.1, 0.15) is 17.4 Å². The van der Waals surface area contributed by atoms with Crippen LogP contribution in [0.2, 0.25) is 0 Å². The molecule has 0 spiro atoms. The van der Waals surface area contributed by atoms with Crippen LogP contribution in [-0.4, -0.2) is 53.4 Å². The van der Waals surface area contributed by atoms with Crippen LogP contribution in [0, 0.1) is 0 Å². The molecule has 1 aliphatic heterocycles. The Morgan fingerprint density at radius 1 is 1.19 bits per heavy atom. The third kappa shape index (κ3) is 2.69. The Labute approximate surface area is 123 Å². The number of likely N-dealkylation sites (N-methyl/N-ethyl adjacent to an activating group) is 1. The minimum absolute atomic E-state index is 0.0893. The van der Waals surface area contributed by atoms with E-state index in [1.807, 2.05) is 23.1 Å². The third-order valence-corrected chi connectivity index (χ3v) is 4.09. The number of carbonyl (C=O) groups excluding carboxylic acids is 1. The lowest BCUT2D eigenvalue weighted by atomic mass is 10.1. The van der Waals surface area contributed by atoms with E-state index >= 15 is 0 Å². The summed E-state index contributed by atoms with van der Waals surface area (Å²) in [6, 6.07) is 9.09. The Morgan fingerprint density at radius 2 is 1.90 bits per heavy atom. The number of nitrogens with one attached hydrogen (secondary N) is 1. The van der Waals surface area contributed by atoms with Crippen molar-refractivity contribution < 1.29 is 4.79 Å². The predicted molar refractivity (Wildman–Crippen MR) is 82.6 cm³/mol.